The van der Waals surface area contributed by atoms with Crippen molar-refractivity contribution in [2.75, 3.05) is 0 Å². The molecule has 0 amide bonds. The number of aromatic nitrogens is 4. The maximum atomic E-state index is 15.5. The third kappa shape index (κ3) is 4.20. The highest BCUT2D eigenvalue weighted by Crippen LogP contribution is 2.49. The Kier molecular flexibility index (Phi) is 5.92. The lowest BCUT2D eigenvalue weighted by Gasteiger charge is -2.16. The largest absolute Gasteiger partial charge is 0.488 e. The van der Waals surface area contributed by atoms with Gasteiger partial charge in [0, 0.05) is 30.6 Å². The number of hydrogen-bond donors (Lipinski definition) is 2. The van der Waals surface area contributed by atoms with Gasteiger partial charge >= 0.3 is 6.18 Å². The molecule has 1 aliphatic carbocycles. The Hall–Kier alpha value is -3.95. The van der Waals surface area contributed by atoms with E-state index in [0.29, 0.717) is 27.6 Å². The average molecular weight is 533 g/mol. The van der Waals surface area contributed by atoms with Crippen LogP contribution in [0.3, 0.4) is 0 Å². The van der Waals surface area contributed by atoms with Crippen molar-refractivity contribution < 1.29 is 22.3 Å². The molecule has 2 atom stereocenters. The second kappa shape index (κ2) is 8.86. The highest BCUT2D eigenvalue weighted by atomic mass is 35.5. The molecule has 13 heteroatoms. The van der Waals surface area contributed by atoms with E-state index in [-0.39, 0.29) is 35.5 Å². The quantitative estimate of drug-likeness (QED) is 0.366. The summed E-state index contributed by atoms with van der Waals surface area (Å²) in [5.74, 6) is -2.89. The number of nitrogens with two attached hydrogens (primary N) is 1. The standard InChI is InChI=1S/C24H17ClF4N6O2/c1-35-22(14(9-32-35)10-2-3-11-12(4-10)17(8-31)33-34-23(11)36)20-13(7-30)18(6-16(25)21(20)26)37-19-5-15(19)24(27,28)29/h2-4,6,9,15,19H,5,8,31H2,1H3,(H,34,36)/t15-,19+/m1/s1. The molecule has 37 heavy (non-hydrogen) atoms. The minimum absolute atomic E-state index is 0.0406. The first-order valence-corrected chi connectivity index (χ1v) is 11.3. The first-order chi connectivity index (χ1) is 17.5. The van der Waals surface area contributed by atoms with Gasteiger partial charge in [-0.25, -0.2) is 9.49 Å². The van der Waals surface area contributed by atoms with Crippen LogP contribution >= 0.6 is 11.6 Å². The number of nitrogens with zero attached hydrogens (tertiary/aromatic N) is 4. The predicted molar refractivity (Wildman–Crippen MR) is 126 cm³/mol. The fraction of sp³-hybridized carbons (Fsp3) is 0.250. The van der Waals surface area contributed by atoms with Gasteiger partial charge in [0.25, 0.3) is 5.56 Å². The van der Waals surface area contributed by atoms with E-state index < -0.39 is 34.6 Å². The van der Waals surface area contributed by atoms with Crippen LogP contribution in [0.5, 0.6) is 5.75 Å². The van der Waals surface area contributed by atoms with E-state index in [1.807, 2.05) is 6.07 Å². The van der Waals surface area contributed by atoms with Gasteiger partial charge in [0.15, 0.2) is 5.82 Å². The molecule has 0 aliphatic heterocycles. The molecule has 2 aromatic heterocycles. The monoisotopic (exact) mass is 532 g/mol. The molecule has 0 bridgehead atoms. The van der Waals surface area contributed by atoms with Crippen LogP contribution in [0.25, 0.3) is 33.2 Å². The number of benzene rings is 2. The molecule has 0 radical (unpaired) electrons. The molecule has 1 saturated carbocycles. The summed E-state index contributed by atoms with van der Waals surface area (Å²) < 4.78 is 61.3. The van der Waals surface area contributed by atoms with Gasteiger partial charge in [-0.05, 0) is 24.1 Å². The zero-order valence-electron chi connectivity index (χ0n) is 19.0. The SMILES string of the molecule is Cn1ncc(-c2ccc3c(=O)[nH]nc(CN)c3c2)c1-c1c(F)c(Cl)cc(O[C@H]2C[C@H]2C(F)(F)F)c1C#N. The van der Waals surface area contributed by atoms with Gasteiger partial charge in [0.2, 0.25) is 0 Å². The molecule has 4 aromatic rings. The Balaban J connectivity index is 1.68. The van der Waals surface area contributed by atoms with Crippen molar-refractivity contribution in [2.24, 2.45) is 18.7 Å². The third-order valence-electron chi connectivity index (χ3n) is 6.27. The molecular weight excluding hydrogens is 516 g/mol. The lowest BCUT2D eigenvalue weighted by molar-refractivity contribution is -0.153. The fourth-order valence-corrected chi connectivity index (χ4v) is 4.52. The summed E-state index contributed by atoms with van der Waals surface area (Å²) in [5.41, 5.74) is 6.19. The smallest absolute Gasteiger partial charge is 0.395 e. The zero-order chi connectivity index (χ0) is 26.6. The van der Waals surface area contributed by atoms with Gasteiger partial charge in [0.1, 0.15) is 23.5 Å². The van der Waals surface area contributed by atoms with Crippen molar-refractivity contribution in [3.05, 3.63) is 62.9 Å². The molecule has 8 nitrogen and oxygen atoms in total. The number of H-pyrrole nitrogens is 1. The first kappa shape index (κ1) is 24.7. The number of aromatic amines is 1. The van der Waals surface area contributed by atoms with Crippen molar-refractivity contribution in [1.29, 1.82) is 5.26 Å². The molecular formula is C24H17ClF4N6O2. The number of rotatable bonds is 5. The van der Waals surface area contributed by atoms with Crippen molar-refractivity contribution >= 4 is 22.4 Å². The first-order valence-electron chi connectivity index (χ1n) is 10.9. The van der Waals surface area contributed by atoms with Gasteiger partial charge in [-0.2, -0.15) is 28.6 Å². The number of nitriles is 1. The average Bonchev–Trinajstić information content (AvgIpc) is 3.55. The predicted octanol–water partition coefficient (Wildman–Crippen LogP) is 4.44. The fourth-order valence-electron chi connectivity index (χ4n) is 4.33. The molecule has 2 heterocycles. The minimum Gasteiger partial charge on any atom is -0.488 e. The van der Waals surface area contributed by atoms with Crippen LogP contribution in [-0.2, 0) is 13.6 Å². The van der Waals surface area contributed by atoms with Crippen LogP contribution in [0.15, 0.2) is 35.3 Å². The van der Waals surface area contributed by atoms with Gasteiger partial charge < -0.3 is 10.5 Å². The Morgan fingerprint density at radius 3 is 2.73 bits per heavy atom. The summed E-state index contributed by atoms with van der Waals surface area (Å²) in [7, 11) is 1.51. The van der Waals surface area contributed by atoms with E-state index in [2.05, 4.69) is 15.3 Å². The molecule has 3 N–H and O–H groups in total. The van der Waals surface area contributed by atoms with Crippen molar-refractivity contribution in [1.82, 2.24) is 20.0 Å². The van der Waals surface area contributed by atoms with Crippen molar-refractivity contribution in [3.8, 4) is 34.2 Å². The summed E-state index contributed by atoms with van der Waals surface area (Å²) in [4.78, 5) is 12.2. The summed E-state index contributed by atoms with van der Waals surface area (Å²) in [5, 5.41) is 20.8. The van der Waals surface area contributed by atoms with Crippen LogP contribution in [-0.4, -0.2) is 32.3 Å². The topological polar surface area (TPSA) is 123 Å². The second-order valence-electron chi connectivity index (χ2n) is 8.57. The van der Waals surface area contributed by atoms with Gasteiger partial charge in [0.05, 0.1) is 39.5 Å². The van der Waals surface area contributed by atoms with Gasteiger partial charge in [-0.1, -0.05) is 17.7 Å². The molecule has 1 aliphatic rings. The van der Waals surface area contributed by atoms with E-state index >= 15 is 4.39 Å². The van der Waals surface area contributed by atoms with Gasteiger partial charge in [-0.15, -0.1) is 0 Å². The molecule has 1 fully saturated rings. The second-order valence-corrected chi connectivity index (χ2v) is 8.97. The highest BCUT2D eigenvalue weighted by molar-refractivity contribution is 6.31. The maximum Gasteiger partial charge on any atom is 0.395 e. The van der Waals surface area contributed by atoms with Crippen molar-refractivity contribution in [3.63, 3.8) is 0 Å². The molecule has 2 aromatic carbocycles. The number of alkyl halides is 3. The third-order valence-corrected chi connectivity index (χ3v) is 6.55. The highest BCUT2D eigenvalue weighted by Gasteiger charge is 2.58. The number of fused-ring (bicyclic) bond motifs is 1. The molecule has 0 spiro atoms. The summed E-state index contributed by atoms with van der Waals surface area (Å²) >= 11 is 6.10. The Bertz CT molecular complexity index is 1660. The lowest BCUT2D eigenvalue weighted by Crippen LogP contribution is -2.16. The Morgan fingerprint density at radius 1 is 1.32 bits per heavy atom. The Morgan fingerprint density at radius 2 is 2.08 bits per heavy atom. The van der Waals surface area contributed by atoms with Gasteiger partial charge in [-0.3, -0.25) is 9.48 Å². The number of nitrogens with one attached hydrogen (secondary N) is 1. The molecule has 190 valence electrons. The van der Waals surface area contributed by atoms with Crippen LogP contribution < -0.4 is 16.0 Å². The summed E-state index contributed by atoms with van der Waals surface area (Å²) in [6.45, 7) is 0.0406. The maximum absolute atomic E-state index is 15.5. The van der Waals surface area contributed by atoms with Crippen LogP contribution in [0, 0.1) is 23.1 Å². The molecule has 0 unspecified atom stereocenters. The van der Waals surface area contributed by atoms with E-state index in [4.69, 9.17) is 22.1 Å². The van der Waals surface area contributed by atoms with Crippen LogP contribution in [0.1, 0.15) is 17.7 Å². The normalized spacial score (nSPS) is 17.1. The molecule has 0 saturated heterocycles. The zero-order valence-corrected chi connectivity index (χ0v) is 19.8. The van der Waals surface area contributed by atoms with Crippen LogP contribution in [0.2, 0.25) is 5.02 Å². The summed E-state index contributed by atoms with van der Waals surface area (Å²) in [6, 6.07) is 7.66. The minimum atomic E-state index is -4.45. The Labute approximate surface area is 211 Å². The number of hydrogen-bond acceptors (Lipinski definition) is 6. The van der Waals surface area contributed by atoms with E-state index in [0.717, 1.165) is 6.07 Å². The summed E-state index contributed by atoms with van der Waals surface area (Å²) in [6.07, 6.45) is -4.49. The van der Waals surface area contributed by atoms with E-state index in [1.54, 1.807) is 18.2 Å². The molecule has 5 rings (SSSR count). The van der Waals surface area contributed by atoms with Crippen molar-refractivity contribution in [2.45, 2.75) is 25.2 Å². The lowest BCUT2D eigenvalue weighted by atomic mass is 9.95. The number of halogens is 5. The van der Waals surface area contributed by atoms with E-state index in [1.165, 1.54) is 17.9 Å². The number of ether oxygens (including phenoxy) is 1. The van der Waals surface area contributed by atoms with E-state index in [9.17, 15) is 23.2 Å². The van der Waals surface area contributed by atoms with Crippen LogP contribution in [0.4, 0.5) is 17.6 Å². The number of aryl methyl sites for hydroxylation is 1.